The number of benzene rings is 1. The van der Waals surface area contributed by atoms with Crippen LogP contribution in [-0.2, 0) is 6.54 Å². The molecule has 1 aliphatic heterocycles. The van der Waals surface area contributed by atoms with Gasteiger partial charge in [-0.1, -0.05) is 13.0 Å². The van der Waals surface area contributed by atoms with Crippen molar-refractivity contribution >= 4 is 6.03 Å². The first-order valence-electron chi connectivity index (χ1n) is 8.14. The average Bonchev–Trinajstić information content (AvgIpc) is 3.20. The van der Waals surface area contributed by atoms with E-state index in [4.69, 9.17) is 5.73 Å². The van der Waals surface area contributed by atoms with Crippen molar-refractivity contribution in [2.75, 3.05) is 19.6 Å². The minimum atomic E-state index is -0.697. The molecule has 1 aromatic heterocycles. The molecular formula is C17H21F2N5O. The maximum atomic E-state index is 13.8. The standard InChI is InChI=1S/C17H21F2N5O/c1-17(10-20)6-8-23(11-17)16(25)21-9-12-5-7-24(22-12)15-13(18)3-2-4-14(15)19/h2-5,7H,6,8-11,20H2,1H3,(H,21,25). The SMILES string of the molecule is CC1(CN)CCN(C(=O)NCc2ccn(-c3c(F)cccc3F)n2)C1. The van der Waals surface area contributed by atoms with Crippen molar-refractivity contribution in [3.63, 3.8) is 0 Å². The molecule has 1 saturated heterocycles. The van der Waals surface area contributed by atoms with Gasteiger partial charge in [0, 0.05) is 19.3 Å². The number of nitrogens with zero attached hydrogens (tertiary/aromatic N) is 3. The van der Waals surface area contributed by atoms with Crippen LogP contribution in [0.4, 0.5) is 13.6 Å². The smallest absolute Gasteiger partial charge is 0.317 e. The number of hydrogen-bond donors (Lipinski definition) is 2. The first kappa shape index (κ1) is 17.3. The van der Waals surface area contributed by atoms with Gasteiger partial charge in [-0.15, -0.1) is 0 Å². The molecule has 0 spiro atoms. The molecule has 2 amide bonds. The Labute approximate surface area is 144 Å². The number of rotatable bonds is 4. The Hall–Kier alpha value is -2.48. The number of likely N-dealkylation sites (tertiary alicyclic amines) is 1. The number of para-hydroxylation sites is 1. The van der Waals surface area contributed by atoms with Gasteiger partial charge >= 0.3 is 6.03 Å². The number of urea groups is 1. The van der Waals surface area contributed by atoms with Gasteiger partial charge in [0.1, 0.15) is 5.69 Å². The third-order valence-electron chi connectivity index (χ3n) is 4.57. The van der Waals surface area contributed by atoms with Gasteiger partial charge in [0.2, 0.25) is 0 Å². The van der Waals surface area contributed by atoms with Gasteiger partial charge < -0.3 is 16.0 Å². The van der Waals surface area contributed by atoms with Crippen LogP contribution in [0.1, 0.15) is 19.0 Å². The molecule has 1 fully saturated rings. The van der Waals surface area contributed by atoms with Crippen LogP contribution in [0.25, 0.3) is 5.69 Å². The molecule has 0 aliphatic carbocycles. The minimum absolute atomic E-state index is 0.0404. The second-order valence-electron chi connectivity index (χ2n) is 6.67. The van der Waals surface area contributed by atoms with Crippen LogP contribution in [0.5, 0.6) is 0 Å². The second kappa shape index (κ2) is 6.79. The monoisotopic (exact) mass is 349 g/mol. The number of hydrogen-bond acceptors (Lipinski definition) is 3. The van der Waals surface area contributed by atoms with Crippen LogP contribution >= 0.6 is 0 Å². The number of halogens is 2. The maximum Gasteiger partial charge on any atom is 0.317 e. The predicted octanol–water partition coefficient (Wildman–Crippen LogP) is 2.03. The number of amides is 2. The molecule has 1 atom stereocenters. The molecule has 2 aromatic rings. The summed E-state index contributed by atoms with van der Waals surface area (Å²) in [6.45, 7) is 4.05. The lowest BCUT2D eigenvalue weighted by molar-refractivity contribution is 0.202. The predicted molar refractivity (Wildman–Crippen MR) is 89.1 cm³/mol. The van der Waals surface area contributed by atoms with Crippen molar-refractivity contribution in [2.24, 2.45) is 11.1 Å². The van der Waals surface area contributed by atoms with Gasteiger partial charge in [0.05, 0.1) is 12.2 Å². The quantitative estimate of drug-likeness (QED) is 0.887. The molecule has 0 radical (unpaired) electrons. The first-order chi connectivity index (χ1) is 11.9. The van der Waals surface area contributed by atoms with Crippen molar-refractivity contribution in [2.45, 2.75) is 19.9 Å². The summed E-state index contributed by atoms with van der Waals surface area (Å²) in [4.78, 5) is 13.9. The van der Waals surface area contributed by atoms with Gasteiger partial charge in [0.25, 0.3) is 0 Å². The minimum Gasteiger partial charge on any atom is -0.332 e. The molecule has 1 aromatic carbocycles. The highest BCUT2D eigenvalue weighted by Gasteiger charge is 2.34. The number of carbonyl (C=O) groups excluding carboxylic acids is 1. The topological polar surface area (TPSA) is 76.2 Å². The lowest BCUT2D eigenvalue weighted by Gasteiger charge is -2.22. The zero-order valence-electron chi connectivity index (χ0n) is 14.0. The zero-order valence-corrected chi connectivity index (χ0v) is 14.0. The number of nitrogens with one attached hydrogen (secondary N) is 1. The van der Waals surface area contributed by atoms with Gasteiger partial charge in [-0.2, -0.15) is 5.10 Å². The van der Waals surface area contributed by atoms with E-state index in [2.05, 4.69) is 17.3 Å². The average molecular weight is 349 g/mol. The Bertz CT molecular complexity index is 758. The molecule has 6 nitrogen and oxygen atoms in total. The summed E-state index contributed by atoms with van der Waals surface area (Å²) in [5.41, 5.74) is 5.98. The summed E-state index contributed by atoms with van der Waals surface area (Å²) >= 11 is 0. The summed E-state index contributed by atoms with van der Waals surface area (Å²) < 4.78 is 28.7. The molecular weight excluding hydrogens is 328 g/mol. The van der Waals surface area contributed by atoms with Gasteiger partial charge in [-0.3, -0.25) is 0 Å². The first-order valence-corrected chi connectivity index (χ1v) is 8.14. The summed E-state index contributed by atoms with van der Waals surface area (Å²) in [5.74, 6) is -1.39. The fourth-order valence-corrected chi connectivity index (χ4v) is 2.93. The number of carbonyl (C=O) groups is 1. The van der Waals surface area contributed by atoms with E-state index in [0.717, 1.165) is 11.1 Å². The van der Waals surface area contributed by atoms with E-state index in [1.165, 1.54) is 24.4 Å². The summed E-state index contributed by atoms with van der Waals surface area (Å²) in [6, 6.07) is 5.06. The van der Waals surface area contributed by atoms with Crippen LogP contribution in [0, 0.1) is 17.0 Å². The Morgan fingerprint density at radius 1 is 1.36 bits per heavy atom. The van der Waals surface area contributed by atoms with Crippen LogP contribution in [0.2, 0.25) is 0 Å². The Morgan fingerprint density at radius 3 is 2.72 bits per heavy atom. The van der Waals surface area contributed by atoms with Crippen LogP contribution in [0.3, 0.4) is 0 Å². The summed E-state index contributed by atoms with van der Waals surface area (Å²) in [7, 11) is 0. The molecule has 0 bridgehead atoms. The van der Waals surface area contributed by atoms with E-state index >= 15 is 0 Å². The van der Waals surface area contributed by atoms with Crippen molar-refractivity contribution in [3.05, 3.63) is 47.8 Å². The maximum absolute atomic E-state index is 13.8. The Balaban J connectivity index is 1.62. The number of aromatic nitrogens is 2. The molecule has 25 heavy (non-hydrogen) atoms. The van der Waals surface area contributed by atoms with E-state index in [9.17, 15) is 13.6 Å². The highest BCUT2D eigenvalue weighted by atomic mass is 19.1. The molecule has 8 heteroatoms. The molecule has 1 unspecified atom stereocenters. The molecule has 3 rings (SSSR count). The lowest BCUT2D eigenvalue weighted by Crippen LogP contribution is -2.40. The highest BCUT2D eigenvalue weighted by Crippen LogP contribution is 2.28. The van der Waals surface area contributed by atoms with Gasteiger partial charge in [-0.05, 0) is 36.6 Å². The van der Waals surface area contributed by atoms with Crippen LogP contribution in [-0.4, -0.2) is 40.3 Å². The lowest BCUT2D eigenvalue weighted by atomic mass is 9.90. The molecule has 2 heterocycles. The molecule has 1 aliphatic rings. The third-order valence-corrected chi connectivity index (χ3v) is 4.57. The van der Waals surface area contributed by atoms with Crippen LogP contribution in [0.15, 0.2) is 30.5 Å². The van der Waals surface area contributed by atoms with Crippen molar-refractivity contribution in [3.8, 4) is 5.69 Å². The summed E-state index contributed by atoms with van der Waals surface area (Å²) in [5, 5.41) is 6.91. The van der Waals surface area contributed by atoms with E-state index in [0.29, 0.717) is 25.3 Å². The third kappa shape index (κ3) is 3.63. The molecule has 0 saturated carbocycles. The van der Waals surface area contributed by atoms with E-state index in [1.54, 1.807) is 11.0 Å². The van der Waals surface area contributed by atoms with Crippen molar-refractivity contribution < 1.29 is 13.6 Å². The number of nitrogens with two attached hydrogens (primary N) is 1. The summed E-state index contributed by atoms with van der Waals surface area (Å²) in [6.07, 6.45) is 2.34. The largest absolute Gasteiger partial charge is 0.332 e. The van der Waals surface area contributed by atoms with Crippen molar-refractivity contribution in [1.82, 2.24) is 20.0 Å². The Kier molecular flexibility index (Phi) is 4.71. The van der Waals surface area contributed by atoms with E-state index < -0.39 is 11.6 Å². The molecule has 134 valence electrons. The van der Waals surface area contributed by atoms with E-state index in [-0.39, 0.29) is 23.7 Å². The zero-order chi connectivity index (χ0) is 18.0. The van der Waals surface area contributed by atoms with E-state index in [1.807, 2.05) is 0 Å². The van der Waals surface area contributed by atoms with Gasteiger partial charge in [-0.25, -0.2) is 18.3 Å². The fraction of sp³-hybridized carbons (Fsp3) is 0.412. The second-order valence-corrected chi connectivity index (χ2v) is 6.67. The molecule has 3 N–H and O–H groups in total. The van der Waals surface area contributed by atoms with Crippen molar-refractivity contribution in [1.29, 1.82) is 0 Å². The normalized spacial score (nSPS) is 20.1. The Morgan fingerprint density at radius 2 is 2.08 bits per heavy atom. The fourth-order valence-electron chi connectivity index (χ4n) is 2.93. The van der Waals surface area contributed by atoms with Crippen LogP contribution < -0.4 is 11.1 Å². The highest BCUT2D eigenvalue weighted by molar-refractivity contribution is 5.74. The van der Waals surface area contributed by atoms with Gasteiger partial charge in [0.15, 0.2) is 11.6 Å².